The molecular formula is C10H16N2S. The van der Waals surface area contributed by atoms with E-state index >= 15 is 0 Å². The molecule has 2 heterocycles. The quantitative estimate of drug-likeness (QED) is 0.779. The van der Waals surface area contributed by atoms with Gasteiger partial charge in [-0.2, -0.15) is 11.3 Å². The van der Waals surface area contributed by atoms with Gasteiger partial charge in [0.15, 0.2) is 0 Å². The molecule has 1 atom stereocenters. The highest BCUT2D eigenvalue weighted by atomic mass is 32.1. The van der Waals surface area contributed by atoms with Gasteiger partial charge in [-0.1, -0.05) is 0 Å². The topological polar surface area (TPSA) is 29.3 Å². The van der Waals surface area contributed by atoms with Gasteiger partial charge < -0.3 is 5.73 Å². The second-order valence-corrected chi connectivity index (χ2v) is 4.42. The van der Waals surface area contributed by atoms with Gasteiger partial charge in [-0.05, 0) is 48.3 Å². The van der Waals surface area contributed by atoms with E-state index in [1.165, 1.54) is 18.5 Å². The van der Waals surface area contributed by atoms with Crippen molar-refractivity contribution in [3.8, 4) is 0 Å². The maximum absolute atomic E-state index is 5.62. The lowest BCUT2D eigenvalue weighted by Crippen LogP contribution is -2.32. The van der Waals surface area contributed by atoms with Crippen LogP contribution < -0.4 is 5.73 Å². The molecule has 1 aromatic rings. The molecule has 13 heavy (non-hydrogen) atoms. The Hall–Kier alpha value is -0.380. The van der Waals surface area contributed by atoms with Crippen molar-refractivity contribution in [1.29, 1.82) is 0 Å². The number of nitrogens with zero attached hydrogens (tertiary/aromatic N) is 1. The summed E-state index contributed by atoms with van der Waals surface area (Å²) in [6.45, 7) is 1.96. The highest BCUT2D eigenvalue weighted by molar-refractivity contribution is 7.08. The van der Waals surface area contributed by atoms with Crippen LogP contribution in [-0.2, 0) is 6.42 Å². The highest BCUT2D eigenvalue weighted by Gasteiger charge is 2.24. The van der Waals surface area contributed by atoms with Crippen LogP contribution in [0.4, 0.5) is 0 Å². The third kappa shape index (κ3) is 1.64. The summed E-state index contributed by atoms with van der Waals surface area (Å²) in [7, 11) is 2.20. The lowest BCUT2D eigenvalue weighted by molar-refractivity contribution is 0.223. The molecule has 0 saturated heterocycles. The van der Waals surface area contributed by atoms with E-state index in [0.29, 0.717) is 6.04 Å². The van der Waals surface area contributed by atoms with Gasteiger partial charge in [0.1, 0.15) is 0 Å². The maximum atomic E-state index is 5.62. The summed E-state index contributed by atoms with van der Waals surface area (Å²) in [6.07, 6.45) is 2.29. The first-order chi connectivity index (χ1) is 6.33. The number of likely N-dealkylation sites (N-methyl/N-ethyl adjacent to an activating group) is 1. The van der Waals surface area contributed by atoms with Crippen LogP contribution in [0.1, 0.15) is 23.6 Å². The minimum absolute atomic E-state index is 0.569. The molecule has 0 aliphatic carbocycles. The average molecular weight is 196 g/mol. The molecule has 3 heteroatoms. The maximum Gasteiger partial charge on any atom is 0.0368 e. The fourth-order valence-electron chi connectivity index (χ4n) is 2.05. The van der Waals surface area contributed by atoms with E-state index in [1.54, 1.807) is 5.56 Å². The number of hydrogen-bond acceptors (Lipinski definition) is 3. The number of hydrogen-bond donors (Lipinski definition) is 1. The lowest BCUT2D eigenvalue weighted by atomic mass is 9.95. The molecule has 0 bridgehead atoms. The van der Waals surface area contributed by atoms with E-state index in [0.717, 1.165) is 13.0 Å². The Labute approximate surface area is 83.4 Å². The average Bonchev–Trinajstić information content (AvgIpc) is 2.58. The number of thiophene rings is 1. The molecule has 0 fully saturated rings. The Kier molecular flexibility index (Phi) is 2.67. The fourth-order valence-corrected chi connectivity index (χ4v) is 2.99. The zero-order chi connectivity index (χ0) is 9.26. The third-order valence-corrected chi connectivity index (χ3v) is 3.65. The van der Waals surface area contributed by atoms with Crippen LogP contribution >= 0.6 is 11.3 Å². The van der Waals surface area contributed by atoms with Crippen molar-refractivity contribution >= 4 is 11.3 Å². The first kappa shape index (κ1) is 9.19. The minimum Gasteiger partial charge on any atom is -0.330 e. The predicted octanol–water partition coefficient (Wildman–Crippen LogP) is 1.63. The molecule has 1 aromatic heterocycles. The Morgan fingerprint density at radius 1 is 1.62 bits per heavy atom. The molecule has 2 nitrogen and oxygen atoms in total. The second kappa shape index (κ2) is 3.78. The molecule has 2 N–H and O–H groups in total. The van der Waals surface area contributed by atoms with Crippen molar-refractivity contribution in [3.63, 3.8) is 0 Å². The fraction of sp³-hybridized carbons (Fsp3) is 0.600. The summed E-state index contributed by atoms with van der Waals surface area (Å²) in [5.41, 5.74) is 8.69. The largest absolute Gasteiger partial charge is 0.330 e. The van der Waals surface area contributed by atoms with Crippen molar-refractivity contribution in [2.75, 3.05) is 20.1 Å². The minimum atomic E-state index is 0.569. The van der Waals surface area contributed by atoms with Gasteiger partial charge in [0.25, 0.3) is 0 Å². The molecule has 0 amide bonds. The van der Waals surface area contributed by atoms with E-state index in [9.17, 15) is 0 Å². The molecule has 72 valence electrons. The molecule has 1 unspecified atom stereocenters. The first-order valence-electron chi connectivity index (χ1n) is 4.78. The van der Waals surface area contributed by atoms with Gasteiger partial charge in [-0.15, -0.1) is 0 Å². The van der Waals surface area contributed by atoms with Crippen LogP contribution in [0.2, 0.25) is 0 Å². The molecule has 0 spiro atoms. The van der Waals surface area contributed by atoms with Gasteiger partial charge in [0.05, 0.1) is 0 Å². The number of nitrogens with two attached hydrogens (primary N) is 1. The van der Waals surface area contributed by atoms with E-state index < -0.39 is 0 Å². The third-order valence-electron chi connectivity index (χ3n) is 2.84. The molecule has 0 saturated carbocycles. The SMILES string of the molecule is CN1CCc2cscc2C1CCN. The normalized spacial score (nSPS) is 23.1. The van der Waals surface area contributed by atoms with Crippen LogP contribution in [0.25, 0.3) is 0 Å². The van der Waals surface area contributed by atoms with E-state index in [4.69, 9.17) is 5.73 Å². The zero-order valence-electron chi connectivity index (χ0n) is 7.99. The Bertz CT molecular complexity index is 282. The molecule has 0 radical (unpaired) electrons. The molecular weight excluding hydrogens is 180 g/mol. The van der Waals surface area contributed by atoms with Gasteiger partial charge in [-0.25, -0.2) is 0 Å². The standard InChI is InChI=1S/C10H16N2S/c1-12-5-3-8-6-13-7-9(8)10(12)2-4-11/h6-7,10H,2-5,11H2,1H3. The van der Waals surface area contributed by atoms with E-state index in [-0.39, 0.29) is 0 Å². The van der Waals surface area contributed by atoms with Crippen LogP contribution in [0.5, 0.6) is 0 Å². The van der Waals surface area contributed by atoms with E-state index in [1.807, 2.05) is 11.3 Å². The number of fused-ring (bicyclic) bond motifs is 1. The summed E-state index contributed by atoms with van der Waals surface area (Å²) in [4.78, 5) is 2.42. The predicted molar refractivity (Wildman–Crippen MR) is 57.1 cm³/mol. The van der Waals surface area contributed by atoms with E-state index in [2.05, 4.69) is 22.7 Å². The molecule has 2 rings (SSSR count). The highest BCUT2D eigenvalue weighted by Crippen LogP contribution is 2.32. The Morgan fingerprint density at radius 2 is 2.46 bits per heavy atom. The van der Waals surface area contributed by atoms with Crippen molar-refractivity contribution in [2.45, 2.75) is 18.9 Å². The van der Waals surface area contributed by atoms with Crippen molar-refractivity contribution in [1.82, 2.24) is 4.90 Å². The second-order valence-electron chi connectivity index (χ2n) is 3.68. The van der Waals surface area contributed by atoms with Crippen molar-refractivity contribution in [3.05, 3.63) is 21.9 Å². The zero-order valence-corrected chi connectivity index (χ0v) is 8.81. The Balaban J connectivity index is 2.25. The summed E-state index contributed by atoms with van der Waals surface area (Å²) < 4.78 is 0. The van der Waals surface area contributed by atoms with Crippen molar-refractivity contribution in [2.24, 2.45) is 5.73 Å². The summed E-state index contributed by atoms with van der Waals surface area (Å²) in [5.74, 6) is 0. The van der Waals surface area contributed by atoms with Crippen LogP contribution in [-0.4, -0.2) is 25.0 Å². The monoisotopic (exact) mass is 196 g/mol. The Morgan fingerprint density at radius 3 is 3.23 bits per heavy atom. The molecule has 0 aromatic carbocycles. The lowest BCUT2D eigenvalue weighted by Gasteiger charge is -2.32. The van der Waals surface area contributed by atoms with Gasteiger partial charge in [0.2, 0.25) is 0 Å². The summed E-state index contributed by atoms with van der Waals surface area (Å²) in [6, 6.07) is 0.569. The number of rotatable bonds is 2. The smallest absolute Gasteiger partial charge is 0.0368 e. The van der Waals surface area contributed by atoms with Crippen LogP contribution in [0, 0.1) is 0 Å². The van der Waals surface area contributed by atoms with Gasteiger partial charge in [-0.3, -0.25) is 4.90 Å². The molecule has 1 aliphatic rings. The summed E-state index contributed by atoms with van der Waals surface area (Å²) in [5, 5.41) is 4.57. The molecule has 1 aliphatic heterocycles. The van der Waals surface area contributed by atoms with Crippen LogP contribution in [0.15, 0.2) is 10.8 Å². The first-order valence-corrected chi connectivity index (χ1v) is 5.72. The van der Waals surface area contributed by atoms with Gasteiger partial charge >= 0.3 is 0 Å². The van der Waals surface area contributed by atoms with Gasteiger partial charge in [0, 0.05) is 12.6 Å². The van der Waals surface area contributed by atoms with Crippen LogP contribution in [0.3, 0.4) is 0 Å². The summed E-state index contributed by atoms with van der Waals surface area (Å²) >= 11 is 1.82. The van der Waals surface area contributed by atoms with Crippen molar-refractivity contribution < 1.29 is 0 Å².